The van der Waals surface area contributed by atoms with E-state index >= 15 is 0 Å². The van der Waals surface area contributed by atoms with Crippen LogP contribution < -0.4 is 14.8 Å². The molecule has 0 saturated heterocycles. The molecule has 0 radical (unpaired) electrons. The standard InChI is InChI=1S/C15H18ClN3O3S/c1-9-17-10(8-23-9)7-19(2)15(20)18-12-6-13(21-3)11(16)5-14(12)22-4/h5-6,8H,7H2,1-4H3,(H,18,20). The average molecular weight is 356 g/mol. The van der Waals surface area contributed by atoms with Gasteiger partial charge in [-0.15, -0.1) is 11.3 Å². The maximum atomic E-state index is 12.3. The Morgan fingerprint density at radius 2 is 2.04 bits per heavy atom. The van der Waals surface area contributed by atoms with E-state index < -0.39 is 0 Å². The average Bonchev–Trinajstić information content (AvgIpc) is 2.93. The minimum absolute atomic E-state index is 0.279. The molecule has 0 spiro atoms. The van der Waals surface area contributed by atoms with Crippen LogP contribution in [0.2, 0.25) is 5.02 Å². The van der Waals surface area contributed by atoms with Gasteiger partial charge >= 0.3 is 6.03 Å². The Bertz CT molecular complexity index is 705. The number of nitrogens with zero attached hydrogens (tertiary/aromatic N) is 2. The van der Waals surface area contributed by atoms with Gasteiger partial charge in [-0.25, -0.2) is 9.78 Å². The number of hydrogen-bond donors (Lipinski definition) is 1. The molecule has 2 aromatic rings. The highest BCUT2D eigenvalue weighted by molar-refractivity contribution is 7.09. The van der Waals surface area contributed by atoms with E-state index in [0.29, 0.717) is 28.8 Å². The summed E-state index contributed by atoms with van der Waals surface area (Å²) in [5.41, 5.74) is 1.34. The maximum absolute atomic E-state index is 12.3. The number of hydrogen-bond acceptors (Lipinski definition) is 5. The first kappa shape index (κ1) is 17.4. The van der Waals surface area contributed by atoms with Crippen LogP contribution in [0.3, 0.4) is 0 Å². The Morgan fingerprint density at radius 3 is 2.61 bits per heavy atom. The van der Waals surface area contributed by atoms with Gasteiger partial charge in [0.05, 0.1) is 42.2 Å². The topological polar surface area (TPSA) is 63.7 Å². The van der Waals surface area contributed by atoms with Crippen LogP contribution in [0.15, 0.2) is 17.5 Å². The molecule has 0 bridgehead atoms. The minimum Gasteiger partial charge on any atom is -0.495 e. The third kappa shape index (κ3) is 4.27. The zero-order valence-corrected chi connectivity index (χ0v) is 14.9. The number of thiazole rings is 1. The number of amides is 2. The molecule has 23 heavy (non-hydrogen) atoms. The molecule has 0 aliphatic carbocycles. The van der Waals surface area contributed by atoms with Gasteiger partial charge in [0.25, 0.3) is 0 Å². The van der Waals surface area contributed by atoms with Crippen molar-refractivity contribution in [3.63, 3.8) is 0 Å². The molecule has 2 amide bonds. The second-order valence-electron chi connectivity index (χ2n) is 4.83. The number of carbonyl (C=O) groups is 1. The third-order valence-electron chi connectivity index (χ3n) is 3.13. The molecule has 0 saturated carbocycles. The van der Waals surface area contributed by atoms with Crippen LogP contribution in [0, 0.1) is 6.92 Å². The normalized spacial score (nSPS) is 10.3. The van der Waals surface area contributed by atoms with Gasteiger partial charge in [0.1, 0.15) is 11.5 Å². The molecular weight excluding hydrogens is 338 g/mol. The number of methoxy groups -OCH3 is 2. The van der Waals surface area contributed by atoms with Crippen molar-refractivity contribution >= 4 is 34.7 Å². The van der Waals surface area contributed by atoms with E-state index in [-0.39, 0.29) is 6.03 Å². The highest BCUT2D eigenvalue weighted by Crippen LogP contribution is 2.35. The zero-order chi connectivity index (χ0) is 17.0. The summed E-state index contributed by atoms with van der Waals surface area (Å²) >= 11 is 7.61. The first-order valence-electron chi connectivity index (χ1n) is 6.79. The largest absolute Gasteiger partial charge is 0.495 e. The zero-order valence-electron chi connectivity index (χ0n) is 13.3. The van der Waals surface area contributed by atoms with Crippen molar-refractivity contribution in [2.45, 2.75) is 13.5 Å². The van der Waals surface area contributed by atoms with Gasteiger partial charge in [-0.05, 0) is 6.92 Å². The molecular formula is C15H18ClN3O3S. The molecule has 1 heterocycles. The van der Waals surface area contributed by atoms with E-state index in [1.54, 1.807) is 30.5 Å². The number of benzene rings is 1. The summed E-state index contributed by atoms with van der Waals surface area (Å²) in [6, 6.07) is 2.94. The van der Waals surface area contributed by atoms with E-state index in [9.17, 15) is 4.79 Å². The van der Waals surface area contributed by atoms with Gasteiger partial charge in [-0.1, -0.05) is 11.6 Å². The SMILES string of the molecule is COc1cc(NC(=O)N(C)Cc2csc(C)n2)c(OC)cc1Cl. The molecule has 0 aliphatic rings. The fourth-order valence-electron chi connectivity index (χ4n) is 1.96. The monoisotopic (exact) mass is 355 g/mol. The lowest BCUT2D eigenvalue weighted by Crippen LogP contribution is -2.31. The van der Waals surface area contributed by atoms with Crippen LogP contribution in [0.5, 0.6) is 11.5 Å². The summed E-state index contributed by atoms with van der Waals surface area (Å²) in [7, 11) is 4.72. The minimum atomic E-state index is -0.279. The van der Waals surface area contributed by atoms with Crippen LogP contribution in [0.25, 0.3) is 0 Å². The summed E-state index contributed by atoms with van der Waals surface area (Å²) in [6.07, 6.45) is 0. The van der Waals surface area contributed by atoms with Gasteiger partial charge in [0.2, 0.25) is 0 Å². The third-order valence-corrected chi connectivity index (χ3v) is 4.25. The van der Waals surface area contributed by atoms with E-state index in [2.05, 4.69) is 10.3 Å². The Morgan fingerprint density at radius 1 is 1.35 bits per heavy atom. The van der Waals surface area contributed by atoms with Crippen LogP contribution in [-0.4, -0.2) is 37.2 Å². The fraction of sp³-hybridized carbons (Fsp3) is 0.333. The quantitative estimate of drug-likeness (QED) is 0.886. The maximum Gasteiger partial charge on any atom is 0.322 e. The molecule has 1 aromatic heterocycles. The molecule has 0 aliphatic heterocycles. The highest BCUT2D eigenvalue weighted by atomic mass is 35.5. The van der Waals surface area contributed by atoms with Gasteiger partial charge in [-0.3, -0.25) is 0 Å². The van der Waals surface area contributed by atoms with Crippen LogP contribution in [-0.2, 0) is 6.54 Å². The first-order valence-corrected chi connectivity index (χ1v) is 8.05. The van der Waals surface area contributed by atoms with Crippen LogP contribution in [0.4, 0.5) is 10.5 Å². The molecule has 1 N–H and O–H groups in total. The van der Waals surface area contributed by atoms with Crippen molar-refractivity contribution in [2.75, 3.05) is 26.6 Å². The fourth-order valence-corrected chi connectivity index (χ4v) is 2.80. The second kappa shape index (κ2) is 7.52. The Labute approximate surface area is 144 Å². The van der Waals surface area contributed by atoms with Crippen molar-refractivity contribution < 1.29 is 14.3 Å². The highest BCUT2D eigenvalue weighted by Gasteiger charge is 2.16. The number of urea groups is 1. The van der Waals surface area contributed by atoms with Crippen molar-refractivity contribution in [1.82, 2.24) is 9.88 Å². The number of anilines is 1. The molecule has 8 heteroatoms. The summed E-state index contributed by atoms with van der Waals surface area (Å²) in [6.45, 7) is 2.35. The van der Waals surface area contributed by atoms with Crippen molar-refractivity contribution in [3.8, 4) is 11.5 Å². The number of ether oxygens (including phenoxy) is 2. The molecule has 6 nitrogen and oxygen atoms in total. The van der Waals surface area contributed by atoms with Crippen molar-refractivity contribution in [1.29, 1.82) is 0 Å². The summed E-state index contributed by atoms with van der Waals surface area (Å²) in [5.74, 6) is 0.919. The Kier molecular flexibility index (Phi) is 5.68. The van der Waals surface area contributed by atoms with Gasteiger partial charge in [0, 0.05) is 24.6 Å². The summed E-state index contributed by atoms with van der Waals surface area (Å²) in [5, 5.41) is 6.11. The Balaban J connectivity index is 2.12. The first-order chi connectivity index (χ1) is 10.9. The molecule has 0 atom stereocenters. The van der Waals surface area contributed by atoms with Crippen molar-refractivity contribution in [3.05, 3.63) is 33.2 Å². The molecule has 0 unspecified atom stereocenters. The molecule has 1 aromatic carbocycles. The Hall–Kier alpha value is -1.99. The number of aromatic nitrogens is 1. The molecule has 124 valence electrons. The van der Waals surface area contributed by atoms with E-state index in [0.717, 1.165) is 10.7 Å². The lowest BCUT2D eigenvalue weighted by molar-refractivity contribution is 0.220. The van der Waals surface area contributed by atoms with Gasteiger partial charge in [-0.2, -0.15) is 0 Å². The van der Waals surface area contributed by atoms with E-state index in [1.807, 2.05) is 12.3 Å². The number of halogens is 1. The number of carbonyl (C=O) groups excluding carboxylic acids is 1. The number of rotatable bonds is 5. The summed E-state index contributed by atoms with van der Waals surface area (Å²) < 4.78 is 10.4. The van der Waals surface area contributed by atoms with E-state index in [1.165, 1.54) is 19.1 Å². The lowest BCUT2D eigenvalue weighted by Gasteiger charge is -2.19. The van der Waals surface area contributed by atoms with Crippen LogP contribution in [0.1, 0.15) is 10.7 Å². The molecule has 2 rings (SSSR count). The lowest BCUT2D eigenvalue weighted by atomic mass is 10.2. The molecule has 0 fully saturated rings. The number of nitrogens with one attached hydrogen (secondary N) is 1. The van der Waals surface area contributed by atoms with Gasteiger partial charge in [0.15, 0.2) is 0 Å². The summed E-state index contributed by atoms with van der Waals surface area (Å²) in [4.78, 5) is 18.2. The second-order valence-corrected chi connectivity index (χ2v) is 6.30. The van der Waals surface area contributed by atoms with E-state index in [4.69, 9.17) is 21.1 Å². The number of aryl methyl sites for hydroxylation is 1. The van der Waals surface area contributed by atoms with Crippen LogP contribution >= 0.6 is 22.9 Å². The predicted octanol–water partition coefficient (Wildman–Crippen LogP) is 3.79. The van der Waals surface area contributed by atoms with Gasteiger partial charge < -0.3 is 19.7 Å². The van der Waals surface area contributed by atoms with Crippen molar-refractivity contribution in [2.24, 2.45) is 0 Å². The predicted molar refractivity (Wildman–Crippen MR) is 91.9 cm³/mol. The smallest absolute Gasteiger partial charge is 0.322 e.